The van der Waals surface area contributed by atoms with Crippen molar-refractivity contribution in [1.29, 1.82) is 0 Å². The molecule has 0 heterocycles. The number of ether oxygens (including phenoxy) is 1. The predicted molar refractivity (Wildman–Crippen MR) is 38.2 cm³/mol. The molecule has 0 radical (unpaired) electrons. The first-order chi connectivity index (χ1) is 5.07. The Morgan fingerprint density at radius 1 is 1.55 bits per heavy atom. The first-order valence-electron chi connectivity index (χ1n) is 3.19. The van der Waals surface area contributed by atoms with Crippen LogP contribution in [-0.4, -0.2) is 17.2 Å². The molecular weight excluding hydrogens is 148 g/mol. The van der Waals surface area contributed by atoms with Crippen LogP contribution in [0.4, 0.5) is 4.79 Å². The summed E-state index contributed by atoms with van der Waals surface area (Å²) in [6, 6.07) is 0. The molecule has 0 saturated carbocycles. The second kappa shape index (κ2) is 4.49. The molecule has 0 saturated heterocycles. The van der Waals surface area contributed by atoms with Gasteiger partial charge in [-0.25, -0.2) is 9.59 Å². The van der Waals surface area contributed by atoms with Gasteiger partial charge in [0.25, 0.3) is 0 Å². The highest BCUT2D eigenvalue weighted by molar-refractivity contribution is 5.93. The molecule has 0 unspecified atom stereocenters. The van der Waals surface area contributed by atoms with Gasteiger partial charge >= 0.3 is 12.1 Å². The molecule has 0 aromatic heterocycles. The van der Waals surface area contributed by atoms with Crippen LogP contribution in [0.15, 0.2) is 11.6 Å². The normalized spacial score (nSPS) is 10.9. The lowest BCUT2D eigenvalue weighted by Gasteiger charge is -1.96. The van der Waals surface area contributed by atoms with Crippen LogP contribution in [0.1, 0.15) is 20.3 Å². The summed E-state index contributed by atoms with van der Waals surface area (Å²) in [4.78, 5) is 20.5. The van der Waals surface area contributed by atoms with Crippen molar-refractivity contribution in [2.24, 2.45) is 0 Å². The quantitative estimate of drug-likeness (QED) is 0.376. The SMILES string of the molecule is CCC=C(C)C(=O)OC(=O)O. The van der Waals surface area contributed by atoms with Gasteiger partial charge in [-0.1, -0.05) is 13.0 Å². The molecule has 0 aliphatic heterocycles. The van der Waals surface area contributed by atoms with E-state index in [0.717, 1.165) is 0 Å². The molecule has 0 amide bonds. The third kappa shape index (κ3) is 4.13. The van der Waals surface area contributed by atoms with Crippen molar-refractivity contribution in [3.05, 3.63) is 11.6 Å². The zero-order chi connectivity index (χ0) is 8.85. The van der Waals surface area contributed by atoms with Crippen molar-refractivity contribution in [3.63, 3.8) is 0 Å². The summed E-state index contributed by atoms with van der Waals surface area (Å²) in [5.41, 5.74) is 0.315. The van der Waals surface area contributed by atoms with Crippen molar-refractivity contribution in [2.75, 3.05) is 0 Å². The van der Waals surface area contributed by atoms with Gasteiger partial charge in [-0.05, 0) is 13.3 Å². The Morgan fingerprint density at radius 2 is 2.09 bits per heavy atom. The van der Waals surface area contributed by atoms with E-state index in [9.17, 15) is 9.59 Å². The van der Waals surface area contributed by atoms with Gasteiger partial charge in [0.15, 0.2) is 0 Å². The Morgan fingerprint density at radius 3 is 2.45 bits per heavy atom. The van der Waals surface area contributed by atoms with E-state index in [0.29, 0.717) is 12.0 Å². The molecule has 0 aromatic carbocycles. The highest BCUT2D eigenvalue weighted by Gasteiger charge is 2.08. The molecule has 0 spiro atoms. The fraction of sp³-hybridized carbons (Fsp3) is 0.429. The predicted octanol–water partition coefficient (Wildman–Crippen LogP) is 1.56. The highest BCUT2D eigenvalue weighted by atomic mass is 16.7. The fourth-order valence-electron chi connectivity index (χ4n) is 0.549. The van der Waals surface area contributed by atoms with Crippen molar-refractivity contribution in [2.45, 2.75) is 20.3 Å². The first-order valence-corrected chi connectivity index (χ1v) is 3.19. The van der Waals surface area contributed by atoms with E-state index in [4.69, 9.17) is 5.11 Å². The van der Waals surface area contributed by atoms with Gasteiger partial charge in [0.05, 0.1) is 0 Å². The topological polar surface area (TPSA) is 63.6 Å². The Labute approximate surface area is 64.5 Å². The highest BCUT2D eigenvalue weighted by Crippen LogP contribution is 1.98. The average Bonchev–Trinajstić information content (AvgIpc) is 1.86. The van der Waals surface area contributed by atoms with Crippen LogP contribution in [0, 0.1) is 0 Å². The molecule has 0 aliphatic carbocycles. The molecule has 4 nitrogen and oxygen atoms in total. The van der Waals surface area contributed by atoms with Gasteiger partial charge in [-0.2, -0.15) is 0 Å². The zero-order valence-corrected chi connectivity index (χ0v) is 6.46. The Balaban J connectivity index is 4.03. The molecule has 0 aliphatic rings. The zero-order valence-electron chi connectivity index (χ0n) is 6.46. The third-order valence-corrected chi connectivity index (χ3v) is 1.01. The molecule has 62 valence electrons. The molecule has 0 atom stereocenters. The number of rotatable bonds is 2. The standard InChI is InChI=1S/C7H10O4/c1-3-4-5(2)6(8)11-7(9)10/h4H,3H2,1-2H3,(H,9,10). The number of carboxylic acid groups (broad SMARTS) is 1. The molecule has 0 rings (SSSR count). The molecule has 11 heavy (non-hydrogen) atoms. The van der Waals surface area contributed by atoms with Gasteiger partial charge < -0.3 is 9.84 Å². The van der Waals surface area contributed by atoms with Crippen molar-refractivity contribution in [3.8, 4) is 0 Å². The van der Waals surface area contributed by atoms with Gasteiger partial charge in [-0.3, -0.25) is 0 Å². The monoisotopic (exact) mass is 158 g/mol. The number of carbonyl (C=O) groups excluding carboxylic acids is 1. The lowest BCUT2D eigenvalue weighted by molar-refractivity contribution is -0.134. The van der Waals surface area contributed by atoms with E-state index in [-0.39, 0.29) is 0 Å². The number of hydrogen-bond donors (Lipinski definition) is 1. The van der Waals surface area contributed by atoms with E-state index >= 15 is 0 Å². The van der Waals surface area contributed by atoms with Crippen LogP contribution in [0.3, 0.4) is 0 Å². The molecular formula is C7H10O4. The van der Waals surface area contributed by atoms with Gasteiger partial charge in [0.2, 0.25) is 0 Å². The average molecular weight is 158 g/mol. The van der Waals surface area contributed by atoms with E-state index in [2.05, 4.69) is 4.74 Å². The second-order valence-electron chi connectivity index (χ2n) is 1.95. The number of hydrogen-bond acceptors (Lipinski definition) is 3. The summed E-state index contributed by atoms with van der Waals surface area (Å²) < 4.78 is 3.87. The van der Waals surface area contributed by atoms with Crippen molar-refractivity contribution >= 4 is 12.1 Å². The maximum Gasteiger partial charge on any atom is 0.513 e. The van der Waals surface area contributed by atoms with Crippen LogP contribution >= 0.6 is 0 Å². The molecule has 0 fully saturated rings. The number of esters is 1. The maximum absolute atomic E-state index is 10.7. The smallest absolute Gasteiger partial charge is 0.449 e. The van der Waals surface area contributed by atoms with Crippen LogP contribution < -0.4 is 0 Å². The number of carbonyl (C=O) groups is 2. The molecule has 4 heteroatoms. The summed E-state index contributed by atoms with van der Waals surface area (Å²) in [5, 5.41) is 8.03. The van der Waals surface area contributed by atoms with E-state index < -0.39 is 12.1 Å². The first kappa shape index (κ1) is 9.68. The van der Waals surface area contributed by atoms with Gasteiger partial charge in [-0.15, -0.1) is 0 Å². The van der Waals surface area contributed by atoms with Crippen LogP contribution in [0.5, 0.6) is 0 Å². The largest absolute Gasteiger partial charge is 0.513 e. The molecule has 1 N–H and O–H groups in total. The van der Waals surface area contributed by atoms with Crippen LogP contribution in [-0.2, 0) is 9.53 Å². The minimum Gasteiger partial charge on any atom is -0.449 e. The maximum atomic E-state index is 10.7. The second-order valence-corrected chi connectivity index (χ2v) is 1.95. The third-order valence-electron chi connectivity index (χ3n) is 1.01. The number of allylic oxidation sites excluding steroid dienone is 1. The fourth-order valence-corrected chi connectivity index (χ4v) is 0.549. The van der Waals surface area contributed by atoms with Crippen LogP contribution in [0.25, 0.3) is 0 Å². The van der Waals surface area contributed by atoms with E-state index in [1.165, 1.54) is 6.92 Å². The van der Waals surface area contributed by atoms with Crippen molar-refractivity contribution in [1.82, 2.24) is 0 Å². The minimum atomic E-state index is -1.57. The Hall–Kier alpha value is -1.32. The summed E-state index contributed by atoms with van der Waals surface area (Å²) in [6.07, 6.45) is 0.713. The summed E-state index contributed by atoms with van der Waals surface area (Å²) in [7, 11) is 0. The lowest BCUT2D eigenvalue weighted by Crippen LogP contribution is -2.10. The van der Waals surface area contributed by atoms with Crippen LogP contribution in [0.2, 0.25) is 0 Å². The summed E-state index contributed by atoms with van der Waals surface area (Å²) >= 11 is 0. The molecule has 0 bridgehead atoms. The summed E-state index contributed by atoms with van der Waals surface area (Å²) in [5.74, 6) is -0.806. The minimum absolute atomic E-state index is 0.315. The Bertz CT molecular complexity index is 193. The van der Waals surface area contributed by atoms with Gasteiger partial charge in [0.1, 0.15) is 0 Å². The Kier molecular flexibility index (Phi) is 3.95. The van der Waals surface area contributed by atoms with Gasteiger partial charge in [0, 0.05) is 5.57 Å². The molecule has 0 aromatic rings. The van der Waals surface area contributed by atoms with Crippen molar-refractivity contribution < 1.29 is 19.4 Å². The van der Waals surface area contributed by atoms with E-state index in [1.54, 1.807) is 6.08 Å². The lowest BCUT2D eigenvalue weighted by atomic mass is 10.2. The van der Waals surface area contributed by atoms with E-state index in [1.807, 2.05) is 6.92 Å². The summed E-state index contributed by atoms with van der Waals surface area (Å²) in [6.45, 7) is 3.35.